The maximum Gasteiger partial charge on any atom is 0.573 e. The molecule has 0 saturated carbocycles. The second-order valence-electron chi connectivity index (χ2n) is 2.36. The molecule has 0 aliphatic carbocycles. The van der Waals surface area contributed by atoms with Crippen LogP contribution in [-0.2, 0) is 0 Å². The van der Waals surface area contributed by atoms with Gasteiger partial charge < -0.3 is 10.5 Å². The van der Waals surface area contributed by atoms with Crippen molar-refractivity contribution < 1.29 is 17.9 Å². The van der Waals surface area contributed by atoms with Gasteiger partial charge in [0.15, 0.2) is 5.75 Å². The molecule has 0 saturated heterocycles. The highest BCUT2D eigenvalue weighted by Crippen LogP contribution is 2.33. The summed E-state index contributed by atoms with van der Waals surface area (Å²) in [6, 6.07) is 1.52. The second kappa shape index (κ2) is 3.82. The molecule has 0 fully saturated rings. The number of rotatable bonds is 1. The average Bonchev–Trinajstić information content (AvgIpc) is 2.09. The standard InChI is InChI=1S/C7H3ClF3N3O/c8-5-3(1-12)6(13)14-2-4(5)15-7(9,10)11/h2H,(H2,13,14). The zero-order valence-corrected chi connectivity index (χ0v) is 7.73. The van der Waals surface area contributed by atoms with E-state index in [1.165, 1.54) is 6.07 Å². The van der Waals surface area contributed by atoms with Crippen LogP contribution in [0.1, 0.15) is 5.56 Å². The van der Waals surface area contributed by atoms with Crippen LogP contribution >= 0.6 is 11.6 Å². The fraction of sp³-hybridized carbons (Fsp3) is 0.143. The minimum atomic E-state index is -4.89. The molecule has 4 nitrogen and oxygen atoms in total. The van der Waals surface area contributed by atoms with Gasteiger partial charge in [-0.3, -0.25) is 0 Å². The molecule has 1 heterocycles. The Labute approximate surface area is 87.0 Å². The minimum absolute atomic E-state index is 0.253. The number of nitrogens with zero attached hydrogens (tertiary/aromatic N) is 2. The van der Waals surface area contributed by atoms with Crippen molar-refractivity contribution in [2.45, 2.75) is 6.36 Å². The monoisotopic (exact) mass is 237 g/mol. The lowest BCUT2D eigenvalue weighted by molar-refractivity contribution is -0.274. The van der Waals surface area contributed by atoms with Gasteiger partial charge in [-0.1, -0.05) is 11.6 Å². The first-order chi connectivity index (χ1) is 6.85. The number of ether oxygens (including phenoxy) is 1. The van der Waals surface area contributed by atoms with E-state index in [0.717, 1.165) is 0 Å². The number of nitrogen functional groups attached to an aromatic ring is 1. The Morgan fingerprint density at radius 1 is 1.53 bits per heavy atom. The van der Waals surface area contributed by atoms with Crippen molar-refractivity contribution in [1.82, 2.24) is 4.98 Å². The van der Waals surface area contributed by atoms with Crippen LogP contribution < -0.4 is 10.5 Å². The molecule has 1 rings (SSSR count). The number of aromatic nitrogens is 1. The summed E-state index contributed by atoms with van der Waals surface area (Å²) in [5, 5.41) is 8.02. The molecule has 0 aliphatic rings. The lowest BCUT2D eigenvalue weighted by Crippen LogP contribution is -2.18. The van der Waals surface area contributed by atoms with Crippen LogP contribution in [0.5, 0.6) is 5.75 Å². The molecule has 1 aromatic heterocycles. The number of alkyl halides is 3. The number of pyridine rings is 1. The van der Waals surface area contributed by atoms with E-state index >= 15 is 0 Å². The zero-order chi connectivity index (χ0) is 11.6. The fourth-order valence-corrected chi connectivity index (χ4v) is 1.01. The van der Waals surface area contributed by atoms with E-state index in [4.69, 9.17) is 22.6 Å². The summed E-state index contributed by atoms with van der Waals surface area (Å²) in [5.41, 5.74) is 4.86. The van der Waals surface area contributed by atoms with E-state index in [0.29, 0.717) is 6.20 Å². The summed E-state index contributed by atoms with van der Waals surface area (Å²) < 4.78 is 39.0. The molecule has 1 aromatic rings. The van der Waals surface area contributed by atoms with Gasteiger partial charge in [-0.25, -0.2) is 4.98 Å². The summed E-state index contributed by atoms with van der Waals surface area (Å²) in [6.07, 6.45) is -4.19. The second-order valence-corrected chi connectivity index (χ2v) is 2.73. The predicted molar refractivity (Wildman–Crippen MR) is 45.1 cm³/mol. The van der Waals surface area contributed by atoms with Crippen molar-refractivity contribution in [3.8, 4) is 11.8 Å². The largest absolute Gasteiger partial charge is 0.573 e. The predicted octanol–water partition coefficient (Wildman–Crippen LogP) is 2.09. The van der Waals surface area contributed by atoms with Crippen LogP contribution in [-0.4, -0.2) is 11.3 Å². The molecule has 0 atom stereocenters. The Balaban J connectivity index is 3.18. The third-order valence-electron chi connectivity index (χ3n) is 1.35. The lowest BCUT2D eigenvalue weighted by atomic mass is 10.3. The maximum atomic E-state index is 11.8. The van der Waals surface area contributed by atoms with Gasteiger partial charge in [-0.05, 0) is 0 Å². The number of hydrogen-bond acceptors (Lipinski definition) is 4. The molecule has 8 heteroatoms. The normalized spacial score (nSPS) is 10.9. The highest BCUT2D eigenvalue weighted by Gasteiger charge is 2.33. The molecule has 0 aromatic carbocycles. The van der Waals surface area contributed by atoms with Crippen LogP contribution in [0.4, 0.5) is 19.0 Å². The van der Waals surface area contributed by atoms with Gasteiger partial charge in [0.05, 0.1) is 6.20 Å². The summed E-state index contributed by atoms with van der Waals surface area (Å²) >= 11 is 5.45. The highest BCUT2D eigenvalue weighted by atomic mass is 35.5. The third kappa shape index (κ3) is 2.63. The van der Waals surface area contributed by atoms with E-state index in [-0.39, 0.29) is 11.4 Å². The molecule has 2 N–H and O–H groups in total. The van der Waals surface area contributed by atoms with Crippen molar-refractivity contribution in [2.24, 2.45) is 0 Å². The molecule has 0 radical (unpaired) electrons. The quantitative estimate of drug-likeness (QED) is 0.812. The van der Waals surface area contributed by atoms with Crippen LogP contribution in [0.3, 0.4) is 0 Å². The van der Waals surface area contributed by atoms with Crippen LogP contribution in [0, 0.1) is 11.3 Å². The van der Waals surface area contributed by atoms with Gasteiger partial charge >= 0.3 is 6.36 Å². The van der Waals surface area contributed by atoms with Gasteiger partial charge in [0.1, 0.15) is 22.5 Å². The number of anilines is 1. The van der Waals surface area contributed by atoms with Gasteiger partial charge in [0.2, 0.25) is 0 Å². The van der Waals surface area contributed by atoms with Crippen LogP contribution in [0.2, 0.25) is 5.02 Å². The van der Waals surface area contributed by atoms with Crippen molar-refractivity contribution in [3.63, 3.8) is 0 Å². The van der Waals surface area contributed by atoms with Crippen molar-refractivity contribution in [3.05, 3.63) is 16.8 Å². The Kier molecular flexibility index (Phi) is 2.90. The molecule has 15 heavy (non-hydrogen) atoms. The van der Waals surface area contributed by atoms with Crippen molar-refractivity contribution in [1.29, 1.82) is 5.26 Å². The van der Waals surface area contributed by atoms with Gasteiger partial charge in [0, 0.05) is 0 Å². The zero-order valence-electron chi connectivity index (χ0n) is 6.97. The first-order valence-electron chi connectivity index (χ1n) is 3.45. The minimum Gasteiger partial charge on any atom is -0.402 e. The molecular formula is C7H3ClF3N3O. The molecule has 0 amide bonds. The Morgan fingerprint density at radius 3 is 2.60 bits per heavy atom. The van der Waals surface area contributed by atoms with E-state index in [2.05, 4.69) is 9.72 Å². The van der Waals surface area contributed by atoms with Crippen molar-refractivity contribution in [2.75, 3.05) is 5.73 Å². The summed E-state index contributed by atoms with van der Waals surface area (Å²) in [6.45, 7) is 0. The molecular weight excluding hydrogens is 235 g/mol. The third-order valence-corrected chi connectivity index (χ3v) is 1.73. The summed E-state index contributed by atoms with van der Waals surface area (Å²) in [4.78, 5) is 3.34. The van der Waals surface area contributed by atoms with Gasteiger partial charge in [-0.15, -0.1) is 13.2 Å². The maximum absolute atomic E-state index is 11.8. The van der Waals surface area contributed by atoms with E-state index in [9.17, 15) is 13.2 Å². The van der Waals surface area contributed by atoms with E-state index in [1.807, 2.05) is 0 Å². The van der Waals surface area contributed by atoms with Gasteiger partial charge in [0.25, 0.3) is 0 Å². The number of nitrogens with two attached hydrogens (primary N) is 1. The van der Waals surface area contributed by atoms with E-state index < -0.39 is 17.1 Å². The molecule has 0 spiro atoms. The number of nitriles is 1. The lowest BCUT2D eigenvalue weighted by Gasteiger charge is -2.10. The molecule has 0 bridgehead atoms. The highest BCUT2D eigenvalue weighted by molar-refractivity contribution is 6.33. The number of halogens is 4. The Hall–Kier alpha value is -1.68. The Morgan fingerprint density at radius 2 is 2.13 bits per heavy atom. The number of hydrogen-bond donors (Lipinski definition) is 1. The van der Waals surface area contributed by atoms with Crippen LogP contribution in [0.15, 0.2) is 6.20 Å². The fourth-order valence-electron chi connectivity index (χ4n) is 0.787. The smallest absolute Gasteiger partial charge is 0.402 e. The first kappa shape index (κ1) is 11.4. The molecule has 80 valence electrons. The van der Waals surface area contributed by atoms with Crippen molar-refractivity contribution >= 4 is 17.4 Å². The van der Waals surface area contributed by atoms with E-state index in [1.54, 1.807) is 0 Å². The molecule has 0 aliphatic heterocycles. The SMILES string of the molecule is N#Cc1c(N)ncc(OC(F)(F)F)c1Cl. The first-order valence-corrected chi connectivity index (χ1v) is 3.82. The van der Waals surface area contributed by atoms with Crippen LogP contribution in [0.25, 0.3) is 0 Å². The topological polar surface area (TPSA) is 71.9 Å². The molecule has 0 unspecified atom stereocenters. The summed E-state index contributed by atoms with van der Waals surface area (Å²) in [5.74, 6) is -1.01. The average molecular weight is 238 g/mol. The van der Waals surface area contributed by atoms with Gasteiger partial charge in [-0.2, -0.15) is 5.26 Å². The summed E-state index contributed by atoms with van der Waals surface area (Å²) in [7, 11) is 0. The Bertz CT molecular complexity index is 427.